The summed E-state index contributed by atoms with van der Waals surface area (Å²) in [6.07, 6.45) is -2.90. The van der Waals surface area contributed by atoms with Gasteiger partial charge in [0.05, 0.1) is 19.0 Å². The smallest absolute Gasteiger partial charge is 0.459 e. The Bertz CT molecular complexity index is 1460. The second-order valence-electron chi connectivity index (χ2n) is 10.8. The van der Waals surface area contributed by atoms with Crippen molar-refractivity contribution in [3.63, 3.8) is 0 Å². The monoisotopic (exact) mass is 606 g/mol. The fraction of sp³-hybridized carbons (Fsp3) is 0.556. The number of aliphatic hydroxyl groups excluding tert-OH is 1. The van der Waals surface area contributed by atoms with Crippen LogP contribution in [0.1, 0.15) is 45.7 Å². The molecule has 0 bridgehead atoms. The third-order valence-electron chi connectivity index (χ3n) is 6.95. The minimum absolute atomic E-state index is 0.207. The van der Waals surface area contributed by atoms with Gasteiger partial charge in [-0.3, -0.25) is 13.9 Å². The highest BCUT2D eigenvalue weighted by Crippen LogP contribution is 2.46. The third kappa shape index (κ3) is 6.57. The normalized spacial score (nSPS) is 24.5. The van der Waals surface area contributed by atoms with Gasteiger partial charge in [-0.1, -0.05) is 18.2 Å². The summed E-state index contributed by atoms with van der Waals surface area (Å²) in [6, 6.07) is 7.52. The summed E-state index contributed by atoms with van der Waals surface area (Å²) >= 11 is 0. The van der Waals surface area contributed by atoms with Gasteiger partial charge in [0.2, 0.25) is 0 Å². The number of nitrogens with zero attached hydrogens (tertiary/aromatic N) is 5. The fourth-order valence-corrected chi connectivity index (χ4v) is 6.15. The molecule has 6 atom stereocenters. The molecule has 15 heteroatoms. The molecular formula is C27H36FN6O7P. The highest BCUT2D eigenvalue weighted by Gasteiger charge is 2.47. The first-order chi connectivity index (χ1) is 20.0. The molecule has 0 spiro atoms. The zero-order chi connectivity index (χ0) is 30.2. The van der Waals surface area contributed by atoms with E-state index in [2.05, 4.69) is 20.0 Å². The van der Waals surface area contributed by atoms with Crippen molar-refractivity contribution in [3.05, 3.63) is 42.5 Å². The van der Waals surface area contributed by atoms with Crippen LogP contribution in [0.2, 0.25) is 0 Å². The molecule has 0 amide bonds. The Morgan fingerprint density at radius 1 is 1.26 bits per heavy atom. The maximum atomic E-state index is 15.5. The maximum absolute atomic E-state index is 15.5. The summed E-state index contributed by atoms with van der Waals surface area (Å²) in [6.45, 7) is 6.05. The topological polar surface area (TPSA) is 150 Å². The minimum Gasteiger partial charge on any atom is -0.462 e. The summed E-state index contributed by atoms with van der Waals surface area (Å²) in [5.41, 5.74) is 0.857. The fourth-order valence-electron chi connectivity index (χ4n) is 4.65. The number of nitrogens with one attached hydrogen (secondary N) is 1. The maximum Gasteiger partial charge on any atom is 0.459 e. The number of aromatic nitrogens is 4. The van der Waals surface area contributed by atoms with E-state index in [4.69, 9.17) is 18.5 Å². The molecule has 228 valence electrons. The molecule has 5 rings (SSSR count). The molecule has 2 aliphatic rings. The number of carbonyl (C=O) groups excluding carboxylic acids is 1. The van der Waals surface area contributed by atoms with Crippen molar-refractivity contribution in [2.75, 3.05) is 18.6 Å². The number of ether oxygens (including phenoxy) is 2. The molecule has 2 aromatic heterocycles. The predicted octanol–water partition coefficient (Wildman–Crippen LogP) is 3.46. The molecule has 3 heterocycles. The standard InChI is InChI=1S/C27H36FN6O7P/c1-15(2)39-27(36)16(3)32-42(37,41-19-9-7-6-8-10-19)38-13-20-23(35)21(28)26(40-20)34-14-29-22-24(33(5)18-11-12-18)30-17(4)31-25(22)34/h6-10,14-16,18,20-21,23,26,35H,11-13H2,1-5H3,(H,32,37)/t16-,20-,21-,23-,26-,42+/m1/s1. The number of rotatable bonds is 12. The lowest BCUT2D eigenvalue weighted by atomic mass is 10.1. The highest BCUT2D eigenvalue weighted by molar-refractivity contribution is 7.52. The van der Waals surface area contributed by atoms with Crippen LogP contribution >= 0.6 is 7.75 Å². The number of hydrogen-bond acceptors (Lipinski definition) is 11. The molecule has 0 unspecified atom stereocenters. The minimum atomic E-state index is -4.25. The Labute approximate surface area is 242 Å². The lowest BCUT2D eigenvalue weighted by molar-refractivity contribution is -0.149. The number of hydrogen-bond donors (Lipinski definition) is 2. The number of alkyl halides is 1. The van der Waals surface area contributed by atoms with E-state index in [0.717, 1.165) is 12.8 Å². The Kier molecular flexibility index (Phi) is 8.81. The van der Waals surface area contributed by atoms with Crippen LogP contribution in [0.4, 0.5) is 10.2 Å². The number of carbonyl (C=O) groups is 1. The number of aliphatic hydroxyl groups is 1. The van der Waals surface area contributed by atoms with Crippen LogP contribution in [-0.2, 0) is 23.4 Å². The molecule has 42 heavy (non-hydrogen) atoms. The summed E-state index contributed by atoms with van der Waals surface area (Å²) < 4.78 is 53.0. The SMILES string of the molecule is Cc1nc(N(C)C2CC2)c2ncn([C@@H]3O[C@H](CO[P@@](=O)(N[C@H](C)C(=O)OC(C)C)Oc4ccccc4)[C@@H](O)[C@H]3F)c2n1. The van der Waals surface area contributed by atoms with Crippen LogP contribution in [0.25, 0.3) is 11.2 Å². The number of esters is 1. The summed E-state index contributed by atoms with van der Waals surface area (Å²) in [5.74, 6) is 0.667. The second kappa shape index (κ2) is 12.2. The summed E-state index contributed by atoms with van der Waals surface area (Å²) in [4.78, 5) is 27.9. The average Bonchev–Trinajstić information content (AvgIpc) is 3.65. The molecule has 2 N–H and O–H groups in total. The Morgan fingerprint density at radius 3 is 2.64 bits per heavy atom. The van der Waals surface area contributed by atoms with E-state index in [-0.39, 0.29) is 5.75 Å². The van der Waals surface area contributed by atoms with Crippen LogP contribution < -0.4 is 14.5 Å². The number of imidazole rings is 1. The van der Waals surface area contributed by atoms with E-state index in [1.54, 1.807) is 51.1 Å². The van der Waals surface area contributed by atoms with Crippen LogP contribution in [0.3, 0.4) is 0 Å². The molecular weight excluding hydrogens is 570 g/mol. The molecule has 1 aliphatic heterocycles. The van der Waals surface area contributed by atoms with E-state index in [1.165, 1.54) is 17.8 Å². The predicted molar refractivity (Wildman–Crippen MR) is 151 cm³/mol. The molecule has 1 saturated heterocycles. The zero-order valence-electron chi connectivity index (χ0n) is 24.1. The van der Waals surface area contributed by atoms with Gasteiger partial charge in [-0.05, 0) is 52.7 Å². The van der Waals surface area contributed by atoms with E-state index in [9.17, 15) is 14.5 Å². The van der Waals surface area contributed by atoms with Gasteiger partial charge >= 0.3 is 13.7 Å². The van der Waals surface area contributed by atoms with Gasteiger partial charge in [0.1, 0.15) is 29.8 Å². The lowest BCUT2D eigenvalue weighted by Crippen LogP contribution is -2.37. The van der Waals surface area contributed by atoms with Gasteiger partial charge in [0.25, 0.3) is 0 Å². The van der Waals surface area contributed by atoms with Gasteiger partial charge in [-0.15, -0.1) is 0 Å². The van der Waals surface area contributed by atoms with Crippen molar-refractivity contribution in [1.82, 2.24) is 24.6 Å². The average molecular weight is 607 g/mol. The molecule has 1 aromatic carbocycles. The summed E-state index contributed by atoms with van der Waals surface area (Å²) in [7, 11) is -2.31. The van der Waals surface area contributed by atoms with Gasteiger partial charge in [-0.25, -0.2) is 23.9 Å². The summed E-state index contributed by atoms with van der Waals surface area (Å²) in [5, 5.41) is 13.3. The lowest BCUT2D eigenvalue weighted by Gasteiger charge is -2.25. The van der Waals surface area contributed by atoms with Crippen LogP contribution in [0.5, 0.6) is 5.75 Å². The second-order valence-corrected chi connectivity index (χ2v) is 12.5. The molecule has 2 fully saturated rings. The molecule has 13 nitrogen and oxygen atoms in total. The zero-order valence-corrected chi connectivity index (χ0v) is 25.0. The molecule has 0 radical (unpaired) electrons. The van der Waals surface area contributed by atoms with Crippen molar-refractivity contribution in [1.29, 1.82) is 0 Å². The molecule has 3 aromatic rings. The molecule has 1 saturated carbocycles. The van der Waals surface area contributed by atoms with Crippen molar-refractivity contribution in [2.24, 2.45) is 0 Å². The van der Waals surface area contributed by atoms with Crippen LogP contribution in [0, 0.1) is 6.92 Å². The van der Waals surface area contributed by atoms with Gasteiger partial charge in [0, 0.05) is 13.1 Å². The first kappa shape index (κ1) is 30.3. The van der Waals surface area contributed by atoms with Crippen molar-refractivity contribution in [2.45, 2.75) is 83.3 Å². The Balaban J connectivity index is 1.34. The van der Waals surface area contributed by atoms with E-state index in [0.29, 0.717) is 28.8 Å². The van der Waals surface area contributed by atoms with Gasteiger partial charge in [0.15, 0.2) is 29.4 Å². The largest absolute Gasteiger partial charge is 0.462 e. The number of anilines is 1. The Hall–Kier alpha value is -3.16. The number of halogens is 1. The first-order valence-electron chi connectivity index (χ1n) is 13.8. The number of aryl methyl sites for hydroxylation is 1. The number of para-hydroxylation sites is 1. The van der Waals surface area contributed by atoms with Crippen molar-refractivity contribution < 1.29 is 37.4 Å². The van der Waals surface area contributed by atoms with Gasteiger partial charge in [-0.2, -0.15) is 5.09 Å². The quantitative estimate of drug-likeness (QED) is 0.230. The highest BCUT2D eigenvalue weighted by atomic mass is 31.2. The van der Waals surface area contributed by atoms with Gasteiger partial charge < -0.3 is 24.0 Å². The molecule has 1 aliphatic carbocycles. The number of fused-ring (bicyclic) bond motifs is 1. The number of benzene rings is 1. The third-order valence-corrected chi connectivity index (χ3v) is 8.59. The van der Waals surface area contributed by atoms with E-state index in [1.807, 2.05) is 11.9 Å². The van der Waals surface area contributed by atoms with Crippen LogP contribution in [-0.4, -0.2) is 80.8 Å². The Morgan fingerprint density at radius 2 is 1.98 bits per heavy atom. The van der Waals surface area contributed by atoms with Crippen molar-refractivity contribution in [3.8, 4) is 5.75 Å². The van der Waals surface area contributed by atoms with Crippen molar-refractivity contribution >= 4 is 30.7 Å². The first-order valence-corrected chi connectivity index (χ1v) is 15.4. The van der Waals surface area contributed by atoms with E-state index < -0.39 is 57.1 Å². The van der Waals surface area contributed by atoms with E-state index >= 15 is 4.39 Å². The van der Waals surface area contributed by atoms with Crippen LogP contribution in [0.15, 0.2) is 36.7 Å².